The van der Waals surface area contributed by atoms with Crippen LogP contribution in [0.5, 0.6) is 0 Å². The van der Waals surface area contributed by atoms with E-state index >= 15 is 0 Å². The van der Waals surface area contributed by atoms with Crippen molar-refractivity contribution < 1.29 is 21.3 Å². The van der Waals surface area contributed by atoms with Crippen molar-refractivity contribution in [3.05, 3.63) is 134 Å². The summed E-state index contributed by atoms with van der Waals surface area (Å²) in [6, 6.07) is 31.5. The van der Waals surface area contributed by atoms with Crippen LogP contribution in [0.1, 0.15) is 60.0 Å². The molecule has 5 rings (SSSR count). The summed E-state index contributed by atoms with van der Waals surface area (Å²) in [4.78, 5) is 0. The van der Waals surface area contributed by atoms with Crippen LogP contribution in [0.25, 0.3) is 6.08 Å². The van der Waals surface area contributed by atoms with Gasteiger partial charge in [-0.1, -0.05) is 0 Å². The van der Waals surface area contributed by atoms with Gasteiger partial charge in [-0.15, -0.1) is 0 Å². The van der Waals surface area contributed by atoms with E-state index in [-0.39, 0.29) is 0 Å². The van der Waals surface area contributed by atoms with Gasteiger partial charge in [0.1, 0.15) is 0 Å². The Balaban J connectivity index is 1.79. The molecule has 0 spiro atoms. The van der Waals surface area contributed by atoms with Crippen LogP contribution in [-0.4, -0.2) is 3.21 Å². The Bertz CT molecular complexity index is 1260. The molecule has 3 aromatic rings. The first-order valence-electron chi connectivity index (χ1n) is 12.6. The van der Waals surface area contributed by atoms with Crippen molar-refractivity contribution in [2.75, 3.05) is 0 Å². The van der Waals surface area contributed by atoms with Gasteiger partial charge >= 0.3 is 214 Å². The van der Waals surface area contributed by atoms with Gasteiger partial charge in [-0.2, -0.15) is 0 Å². The number of benzene rings is 3. The maximum atomic E-state index is 2.65. The summed E-state index contributed by atoms with van der Waals surface area (Å²) >= 11 is -2.46. The van der Waals surface area contributed by atoms with E-state index in [1.807, 2.05) is 0 Å². The van der Waals surface area contributed by atoms with Crippen molar-refractivity contribution in [2.45, 2.75) is 37.7 Å². The molecule has 3 aromatic carbocycles. The normalized spacial score (nSPS) is 16.9. The molecule has 0 heterocycles. The van der Waals surface area contributed by atoms with Crippen LogP contribution in [0.4, 0.5) is 0 Å². The van der Waals surface area contributed by atoms with E-state index in [0.717, 1.165) is 6.42 Å². The SMILES string of the molecule is CC(C)C1=C(C(C)C)C[C]([Zr](=[C](c2ccccc2)c2ccccc2)[CH]2C=Cc3ccccc32)=C1. The second-order valence-electron chi connectivity index (χ2n) is 10.1. The van der Waals surface area contributed by atoms with Crippen molar-refractivity contribution in [3.63, 3.8) is 0 Å². The number of rotatable bonds is 6. The zero-order chi connectivity index (χ0) is 23.7. The zero-order valence-electron chi connectivity index (χ0n) is 20.8. The number of allylic oxidation sites excluding steroid dienone is 5. The minimum absolute atomic E-state index is 0.528. The standard InChI is InChI=1S/C13H10.C11H17.C9H7.Zr/c1-3-7-12(8-4-1)11-13-9-5-2-6-10-13;1-8(2)10-6-5-7-11(10)9(3)4;1-2-5-9-7-3-6-8(9)4-1;/h1-10H;6,8-9H,7H2,1-4H3;1-7H;. The molecule has 1 heteroatoms. The fourth-order valence-electron chi connectivity index (χ4n) is 5.59. The Kier molecular flexibility index (Phi) is 6.94. The summed E-state index contributed by atoms with van der Waals surface area (Å²) in [5, 5.41) is 0. The quantitative estimate of drug-likeness (QED) is 0.305. The number of hydrogen-bond acceptors (Lipinski definition) is 0. The molecule has 1 atom stereocenters. The van der Waals surface area contributed by atoms with E-state index in [2.05, 4.69) is 131 Å². The van der Waals surface area contributed by atoms with Gasteiger partial charge in [-0.3, -0.25) is 0 Å². The molecule has 0 N–H and O–H groups in total. The predicted molar refractivity (Wildman–Crippen MR) is 144 cm³/mol. The van der Waals surface area contributed by atoms with Crippen molar-refractivity contribution in [2.24, 2.45) is 11.8 Å². The number of hydrogen-bond donors (Lipinski definition) is 0. The van der Waals surface area contributed by atoms with E-state index in [1.165, 1.54) is 22.3 Å². The van der Waals surface area contributed by atoms with Gasteiger partial charge in [-0.05, 0) is 0 Å². The Labute approximate surface area is 212 Å². The fraction of sp³-hybridized carbons (Fsp3) is 0.242. The third-order valence-corrected chi connectivity index (χ3v) is 15.3. The first-order chi connectivity index (χ1) is 16.5. The van der Waals surface area contributed by atoms with Crippen LogP contribution in [0.2, 0.25) is 0 Å². The first kappa shape index (κ1) is 23.4. The Morgan fingerprint density at radius 1 is 0.735 bits per heavy atom. The van der Waals surface area contributed by atoms with Crippen LogP contribution in [0.15, 0.2) is 112 Å². The van der Waals surface area contributed by atoms with Crippen molar-refractivity contribution in [1.29, 1.82) is 0 Å². The second kappa shape index (κ2) is 10.1. The van der Waals surface area contributed by atoms with Crippen LogP contribution in [0, 0.1) is 11.8 Å². The molecule has 1 unspecified atom stereocenters. The van der Waals surface area contributed by atoms with E-state index < -0.39 is 21.3 Å². The summed E-state index contributed by atoms with van der Waals surface area (Å²) in [5.41, 5.74) is 9.02. The van der Waals surface area contributed by atoms with Crippen LogP contribution in [-0.2, 0) is 21.3 Å². The Morgan fingerprint density at radius 3 is 1.88 bits per heavy atom. The molecule has 0 fully saturated rings. The predicted octanol–water partition coefficient (Wildman–Crippen LogP) is 8.54. The molecule has 0 saturated carbocycles. The van der Waals surface area contributed by atoms with Gasteiger partial charge in [0.05, 0.1) is 0 Å². The molecular formula is C33H34Zr. The number of fused-ring (bicyclic) bond motifs is 1. The summed E-state index contributed by atoms with van der Waals surface area (Å²) < 4.78 is 3.92. The van der Waals surface area contributed by atoms with Gasteiger partial charge in [0.15, 0.2) is 0 Å². The van der Waals surface area contributed by atoms with Crippen molar-refractivity contribution in [1.82, 2.24) is 0 Å². The monoisotopic (exact) mass is 520 g/mol. The second-order valence-corrected chi connectivity index (χ2v) is 16.5. The average Bonchev–Trinajstić information content (AvgIpc) is 3.49. The van der Waals surface area contributed by atoms with Crippen LogP contribution >= 0.6 is 0 Å². The molecular weight excluding hydrogens is 488 g/mol. The third kappa shape index (κ3) is 4.48. The van der Waals surface area contributed by atoms with Gasteiger partial charge in [-0.25, -0.2) is 0 Å². The van der Waals surface area contributed by atoms with E-state index in [1.54, 1.807) is 17.6 Å². The molecule has 0 aliphatic heterocycles. The topological polar surface area (TPSA) is 0 Å². The van der Waals surface area contributed by atoms with Crippen molar-refractivity contribution in [3.8, 4) is 0 Å². The zero-order valence-corrected chi connectivity index (χ0v) is 23.2. The van der Waals surface area contributed by atoms with Crippen LogP contribution in [0.3, 0.4) is 0 Å². The maximum absolute atomic E-state index is 2.65. The molecule has 0 radical (unpaired) electrons. The van der Waals surface area contributed by atoms with E-state index in [9.17, 15) is 0 Å². The molecule has 2 aliphatic rings. The van der Waals surface area contributed by atoms with Gasteiger partial charge in [0.2, 0.25) is 0 Å². The molecule has 0 bridgehead atoms. The van der Waals surface area contributed by atoms with Gasteiger partial charge < -0.3 is 0 Å². The Hall–Kier alpha value is -2.37. The third-order valence-electron chi connectivity index (χ3n) is 7.25. The molecule has 2 aliphatic carbocycles. The molecule has 0 aromatic heterocycles. The molecule has 34 heavy (non-hydrogen) atoms. The summed E-state index contributed by atoms with van der Waals surface area (Å²) in [7, 11) is 0. The minimum atomic E-state index is -2.46. The van der Waals surface area contributed by atoms with Crippen LogP contribution < -0.4 is 0 Å². The van der Waals surface area contributed by atoms with Gasteiger partial charge in [0.25, 0.3) is 0 Å². The fourth-order valence-corrected chi connectivity index (χ4v) is 14.3. The van der Waals surface area contributed by atoms with Crippen molar-refractivity contribution >= 4 is 9.28 Å². The summed E-state index contributed by atoms with van der Waals surface area (Å²) in [6.45, 7) is 9.48. The van der Waals surface area contributed by atoms with E-state index in [4.69, 9.17) is 0 Å². The summed E-state index contributed by atoms with van der Waals surface area (Å²) in [6.07, 6.45) is 8.73. The van der Waals surface area contributed by atoms with E-state index in [0.29, 0.717) is 15.5 Å². The average molecular weight is 522 g/mol. The Morgan fingerprint density at radius 2 is 1.32 bits per heavy atom. The first-order valence-corrected chi connectivity index (χ1v) is 16.5. The molecule has 0 amide bonds. The molecule has 170 valence electrons. The van der Waals surface area contributed by atoms with Gasteiger partial charge in [0, 0.05) is 0 Å². The molecule has 0 nitrogen and oxygen atoms in total. The molecule has 0 saturated heterocycles. The summed E-state index contributed by atoms with van der Waals surface area (Å²) in [5.74, 6) is 1.17.